The van der Waals surface area contributed by atoms with Crippen molar-refractivity contribution in [1.29, 1.82) is 0 Å². The average molecular weight is 436 g/mol. The Bertz CT molecular complexity index is 753. The van der Waals surface area contributed by atoms with E-state index < -0.39 is 10.0 Å². The van der Waals surface area contributed by atoms with Gasteiger partial charge in [-0.25, -0.2) is 13.4 Å². The van der Waals surface area contributed by atoms with Crippen LogP contribution in [0.25, 0.3) is 0 Å². The minimum atomic E-state index is -3.77. The van der Waals surface area contributed by atoms with E-state index in [-0.39, 0.29) is 4.90 Å². The molecule has 2 heterocycles. The van der Waals surface area contributed by atoms with Crippen LogP contribution < -0.4 is 10.0 Å². The fourth-order valence-electron chi connectivity index (χ4n) is 1.58. The highest BCUT2D eigenvalue weighted by Crippen LogP contribution is 2.27. The SMILES string of the molecule is CCNc1ncc(Br)cc1S(=O)(=O)Nc1ccncc1Br. The molecule has 21 heavy (non-hydrogen) atoms. The molecule has 0 atom stereocenters. The molecule has 0 aliphatic rings. The summed E-state index contributed by atoms with van der Waals surface area (Å²) in [5.74, 6) is 0.304. The second kappa shape index (κ2) is 6.71. The van der Waals surface area contributed by atoms with Crippen molar-refractivity contribution in [3.63, 3.8) is 0 Å². The monoisotopic (exact) mass is 434 g/mol. The zero-order chi connectivity index (χ0) is 15.5. The molecule has 0 amide bonds. The van der Waals surface area contributed by atoms with E-state index in [0.29, 0.717) is 27.0 Å². The summed E-state index contributed by atoms with van der Waals surface area (Å²) in [5.41, 5.74) is 0.410. The van der Waals surface area contributed by atoms with Gasteiger partial charge in [0.1, 0.15) is 10.7 Å². The average Bonchev–Trinajstić information content (AvgIpc) is 2.43. The van der Waals surface area contributed by atoms with Crippen molar-refractivity contribution in [2.45, 2.75) is 11.8 Å². The molecule has 2 N–H and O–H groups in total. The maximum absolute atomic E-state index is 12.5. The van der Waals surface area contributed by atoms with Crippen LogP contribution in [0.4, 0.5) is 11.5 Å². The van der Waals surface area contributed by atoms with Crippen LogP contribution >= 0.6 is 31.9 Å². The quantitative estimate of drug-likeness (QED) is 0.753. The maximum atomic E-state index is 12.5. The van der Waals surface area contributed by atoms with Crippen LogP contribution in [-0.2, 0) is 10.0 Å². The van der Waals surface area contributed by atoms with Gasteiger partial charge in [0, 0.05) is 29.6 Å². The van der Waals surface area contributed by atoms with Gasteiger partial charge in [-0.3, -0.25) is 9.71 Å². The summed E-state index contributed by atoms with van der Waals surface area (Å²) in [6.07, 6.45) is 4.56. The molecule has 2 aromatic rings. The van der Waals surface area contributed by atoms with Gasteiger partial charge >= 0.3 is 0 Å². The smallest absolute Gasteiger partial charge is 0.265 e. The Morgan fingerprint density at radius 3 is 2.71 bits per heavy atom. The number of aromatic nitrogens is 2. The standard InChI is InChI=1S/C12H12Br2N4O2S/c1-2-16-12-11(5-8(13)6-17-12)21(19,20)18-10-3-4-15-7-9(10)14/h3-7H,2H2,1H3,(H,15,18)(H,16,17). The Morgan fingerprint density at radius 1 is 1.29 bits per heavy atom. The molecule has 9 heteroatoms. The van der Waals surface area contributed by atoms with Crippen LogP contribution in [0.2, 0.25) is 0 Å². The first-order valence-electron chi connectivity index (χ1n) is 5.96. The number of sulfonamides is 1. The van der Waals surface area contributed by atoms with Crippen molar-refractivity contribution in [1.82, 2.24) is 9.97 Å². The molecule has 0 unspecified atom stereocenters. The molecule has 6 nitrogen and oxygen atoms in total. The number of hydrogen-bond donors (Lipinski definition) is 2. The first-order valence-corrected chi connectivity index (χ1v) is 9.02. The lowest BCUT2D eigenvalue weighted by molar-refractivity contribution is 0.601. The van der Waals surface area contributed by atoms with Crippen molar-refractivity contribution in [2.75, 3.05) is 16.6 Å². The minimum absolute atomic E-state index is 0.0717. The lowest BCUT2D eigenvalue weighted by atomic mass is 10.4. The maximum Gasteiger partial charge on any atom is 0.265 e. The molecule has 112 valence electrons. The summed E-state index contributed by atoms with van der Waals surface area (Å²) < 4.78 is 28.7. The first-order chi connectivity index (χ1) is 9.94. The predicted molar refractivity (Wildman–Crippen MR) is 88.8 cm³/mol. The molecule has 2 aromatic heterocycles. The van der Waals surface area contributed by atoms with Crippen molar-refractivity contribution in [2.24, 2.45) is 0 Å². The topological polar surface area (TPSA) is 84.0 Å². The molecule has 0 saturated carbocycles. The third-order valence-corrected chi connectivity index (χ3v) is 4.91. The zero-order valence-corrected chi connectivity index (χ0v) is 15.0. The van der Waals surface area contributed by atoms with Crippen molar-refractivity contribution in [3.8, 4) is 0 Å². The van der Waals surface area contributed by atoms with E-state index in [1.807, 2.05) is 6.92 Å². The van der Waals surface area contributed by atoms with E-state index in [2.05, 4.69) is 51.9 Å². The number of halogens is 2. The number of rotatable bonds is 5. The van der Waals surface area contributed by atoms with E-state index in [1.165, 1.54) is 18.5 Å². The minimum Gasteiger partial charge on any atom is -0.369 e. The number of hydrogen-bond acceptors (Lipinski definition) is 5. The second-order valence-corrected chi connectivity index (χ2v) is 7.41. The Balaban J connectivity index is 2.44. The fourth-order valence-corrected chi connectivity index (χ4v) is 3.79. The van der Waals surface area contributed by atoms with Crippen LogP contribution in [-0.4, -0.2) is 24.9 Å². The Morgan fingerprint density at radius 2 is 2.05 bits per heavy atom. The van der Waals surface area contributed by atoms with Crippen molar-refractivity contribution >= 4 is 53.4 Å². The van der Waals surface area contributed by atoms with Crippen LogP contribution in [0.15, 0.2) is 44.6 Å². The van der Waals surface area contributed by atoms with Crippen LogP contribution in [0.1, 0.15) is 6.92 Å². The van der Waals surface area contributed by atoms with Crippen LogP contribution in [0.5, 0.6) is 0 Å². The summed E-state index contributed by atoms with van der Waals surface area (Å²) in [5, 5.41) is 2.93. The number of anilines is 2. The lowest BCUT2D eigenvalue weighted by Gasteiger charge is -2.13. The zero-order valence-electron chi connectivity index (χ0n) is 11.0. The number of nitrogens with one attached hydrogen (secondary N) is 2. The highest BCUT2D eigenvalue weighted by Gasteiger charge is 2.21. The molecule has 0 fully saturated rings. The Hall–Kier alpha value is -1.19. The normalized spacial score (nSPS) is 11.2. The van der Waals surface area contributed by atoms with Gasteiger partial charge in [0.05, 0.1) is 10.2 Å². The summed E-state index contributed by atoms with van der Waals surface area (Å²) >= 11 is 6.49. The fraction of sp³-hybridized carbons (Fsp3) is 0.167. The molecule has 0 saturated heterocycles. The van der Waals surface area contributed by atoms with Gasteiger partial charge in [0.2, 0.25) is 0 Å². The van der Waals surface area contributed by atoms with Crippen molar-refractivity contribution in [3.05, 3.63) is 39.7 Å². The molecule has 2 rings (SSSR count). The number of nitrogens with zero attached hydrogens (tertiary/aromatic N) is 2. The van der Waals surface area contributed by atoms with Gasteiger partial charge in [-0.1, -0.05) is 0 Å². The van der Waals surface area contributed by atoms with Gasteiger partial charge in [0.15, 0.2) is 0 Å². The largest absolute Gasteiger partial charge is 0.369 e. The lowest BCUT2D eigenvalue weighted by Crippen LogP contribution is -2.16. The summed E-state index contributed by atoms with van der Waals surface area (Å²) in [7, 11) is -3.77. The van der Waals surface area contributed by atoms with Crippen molar-refractivity contribution < 1.29 is 8.42 Å². The molecular formula is C12H12Br2N4O2S. The summed E-state index contributed by atoms with van der Waals surface area (Å²) in [4.78, 5) is 8.06. The first kappa shape index (κ1) is 16.2. The second-order valence-electron chi connectivity index (χ2n) is 3.99. The van der Waals surface area contributed by atoms with E-state index in [0.717, 1.165) is 0 Å². The molecular weight excluding hydrogens is 424 g/mol. The highest BCUT2D eigenvalue weighted by molar-refractivity contribution is 9.10. The van der Waals surface area contributed by atoms with Gasteiger partial charge in [-0.15, -0.1) is 0 Å². The van der Waals surface area contributed by atoms with Crippen LogP contribution in [0, 0.1) is 0 Å². The van der Waals surface area contributed by atoms with E-state index >= 15 is 0 Å². The van der Waals surface area contributed by atoms with Crippen LogP contribution in [0.3, 0.4) is 0 Å². The summed E-state index contributed by atoms with van der Waals surface area (Å²) in [6, 6.07) is 3.07. The predicted octanol–water partition coefficient (Wildman–Crippen LogP) is 3.23. The van der Waals surface area contributed by atoms with Gasteiger partial charge in [-0.2, -0.15) is 0 Å². The van der Waals surface area contributed by atoms with E-state index in [1.54, 1.807) is 12.3 Å². The molecule has 0 aliphatic heterocycles. The molecule has 0 aliphatic carbocycles. The van der Waals surface area contributed by atoms with E-state index in [9.17, 15) is 8.42 Å². The molecule has 0 bridgehead atoms. The molecule has 0 aromatic carbocycles. The van der Waals surface area contributed by atoms with E-state index in [4.69, 9.17) is 0 Å². The molecule has 0 spiro atoms. The van der Waals surface area contributed by atoms with Gasteiger partial charge in [-0.05, 0) is 50.9 Å². The third kappa shape index (κ3) is 3.92. The Labute approximate surface area is 139 Å². The van der Waals surface area contributed by atoms with Gasteiger partial charge < -0.3 is 5.32 Å². The Kier molecular flexibility index (Phi) is 5.17. The third-order valence-electron chi connectivity index (χ3n) is 2.47. The molecule has 0 radical (unpaired) electrons. The number of pyridine rings is 2. The highest BCUT2D eigenvalue weighted by atomic mass is 79.9. The summed E-state index contributed by atoms with van der Waals surface area (Å²) in [6.45, 7) is 2.43. The van der Waals surface area contributed by atoms with Gasteiger partial charge in [0.25, 0.3) is 10.0 Å².